The van der Waals surface area contributed by atoms with E-state index in [-0.39, 0.29) is 19.1 Å². The molecule has 1 aromatic heterocycles. The van der Waals surface area contributed by atoms with Gasteiger partial charge in [0.15, 0.2) is 6.61 Å². The van der Waals surface area contributed by atoms with E-state index in [0.29, 0.717) is 17.1 Å². The van der Waals surface area contributed by atoms with Crippen LogP contribution in [0.2, 0.25) is 0 Å². The van der Waals surface area contributed by atoms with Crippen molar-refractivity contribution in [1.82, 2.24) is 5.16 Å². The number of nitrogens with one attached hydrogen (secondary N) is 1. The Bertz CT molecular complexity index is 1100. The Hall–Kier alpha value is -3.61. The van der Waals surface area contributed by atoms with Crippen LogP contribution in [0.4, 0.5) is 5.69 Å². The SMILES string of the molecule is Cc1noc(C)c1COc1cccc(C(=O)OCC(=O)Nc2ccc3c(c2)CCC3)c1. The zero-order valence-corrected chi connectivity index (χ0v) is 17.6. The molecule has 1 N–H and O–H groups in total. The summed E-state index contributed by atoms with van der Waals surface area (Å²) >= 11 is 0. The minimum atomic E-state index is -0.591. The van der Waals surface area contributed by atoms with Crippen molar-refractivity contribution in [3.05, 3.63) is 76.2 Å². The normalized spacial score (nSPS) is 12.3. The predicted molar refractivity (Wildman–Crippen MR) is 114 cm³/mol. The molecule has 1 heterocycles. The summed E-state index contributed by atoms with van der Waals surface area (Å²) in [5, 5.41) is 6.68. The molecule has 160 valence electrons. The van der Waals surface area contributed by atoms with Crippen molar-refractivity contribution in [3.8, 4) is 5.75 Å². The van der Waals surface area contributed by atoms with Gasteiger partial charge in [0.1, 0.15) is 18.1 Å². The largest absolute Gasteiger partial charge is 0.489 e. The van der Waals surface area contributed by atoms with Gasteiger partial charge in [-0.1, -0.05) is 17.3 Å². The Balaban J connectivity index is 1.30. The summed E-state index contributed by atoms with van der Waals surface area (Å²) < 4.78 is 16.0. The monoisotopic (exact) mass is 420 g/mol. The van der Waals surface area contributed by atoms with Crippen LogP contribution >= 0.6 is 0 Å². The molecule has 1 aliphatic rings. The van der Waals surface area contributed by atoms with Crippen LogP contribution in [0.25, 0.3) is 0 Å². The fourth-order valence-corrected chi connectivity index (χ4v) is 3.64. The molecule has 0 radical (unpaired) electrons. The van der Waals surface area contributed by atoms with E-state index in [1.165, 1.54) is 11.1 Å². The second kappa shape index (κ2) is 9.04. The number of ether oxygens (including phenoxy) is 2. The average Bonchev–Trinajstić information content (AvgIpc) is 3.36. The zero-order valence-electron chi connectivity index (χ0n) is 17.6. The van der Waals surface area contributed by atoms with Gasteiger partial charge in [0.2, 0.25) is 0 Å². The van der Waals surface area contributed by atoms with Crippen LogP contribution in [0.5, 0.6) is 5.75 Å². The fraction of sp³-hybridized carbons (Fsp3) is 0.292. The van der Waals surface area contributed by atoms with Gasteiger partial charge in [-0.2, -0.15) is 0 Å². The Morgan fingerprint density at radius 1 is 1.10 bits per heavy atom. The minimum Gasteiger partial charge on any atom is -0.489 e. The number of aryl methyl sites for hydroxylation is 4. The van der Waals surface area contributed by atoms with E-state index in [2.05, 4.69) is 10.5 Å². The first kappa shape index (κ1) is 20.7. The van der Waals surface area contributed by atoms with Gasteiger partial charge in [-0.25, -0.2) is 4.79 Å². The fourth-order valence-electron chi connectivity index (χ4n) is 3.64. The van der Waals surface area contributed by atoms with Gasteiger partial charge in [-0.15, -0.1) is 0 Å². The summed E-state index contributed by atoms with van der Waals surface area (Å²) in [6.45, 7) is 3.58. The van der Waals surface area contributed by atoms with Crippen molar-refractivity contribution in [3.63, 3.8) is 0 Å². The number of benzene rings is 2. The van der Waals surface area contributed by atoms with Gasteiger partial charge < -0.3 is 19.3 Å². The summed E-state index contributed by atoms with van der Waals surface area (Å²) in [6.07, 6.45) is 3.26. The lowest BCUT2D eigenvalue weighted by molar-refractivity contribution is -0.119. The third-order valence-corrected chi connectivity index (χ3v) is 5.35. The number of anilines is 1. The number of hydrogen-bond donors (Lipinski definition) is 1. The third-order valence-electron chi connectivity index (χ3n) is 5.35. The number of nitrogens with zero attached hydrogens (tertiary/aromatic N) is 1. The van der Waals surface area contributed by atoms with Gasteiger partial charge in [0, 0.05) is 5.69 Å². The van der Waals surface area contributed by atoms with Gasteiger partial charge >= 0.3 is 5.97 Å². The standard InChI is InChI=1S/C24H24N2O5/c1-15-22(16(2)31-26-15)13-29-21-8-4-7-19(12-21)24(28)30-14-23(27)25-20-10-9-17-5-3-6-18(17)11-20/h4,7-12H,3,5-6,13-14H2,1-2H3,(H,25,27). The van der Waals surface area contributed by atoms with Crippen LogP contribution in [0, 0.1) is 13.8 Å². The van der Waals surface area contributed by atoms with E-state index in [9.17, 15) is 9.59 Å². The van der Waals surface area contributed by atoms with E-state index in [1.807, 2.05) is 32.0 Å². The molecule has 31 heavy (non-hydrogen) atoms. The average molecular weight is 420 g/mol. The number of carbonyl (C=O) groups is 2. The predicted octanol–water partition coefficient (Wildman–Crippen LogP) is 4.15. The molecular formula is C24H24N2O5. The van der Waals surface area contributed by atoms with E-state index in [4.69, 9.17) is 14.0 Å². The van der Waals surface area contributed by atoms with E-state index >= 15 is 0 Å². The van der Waals surface area contributed by atoms with Crippen LogP contribution in [0.3, 0.4) is 0 Å². The maximum Gasteiger partial charge on any atom is 0.338 e. The number of amides is 1. The van der Waals surface area contributed by atoms with Crippen molar-refractivity contribution < 1.29 is 23.6 Å². The molecule has 7 heteroatoms. The molecule has 2 aromatic carbocycles. The van der Waals surface area contributed by atoms with Crippen molar-refractivity contribution in [2.24, 2.45) is 0 Å². The smallest absolute Gasteiger partial charge is 0.338 e. The highest BCUT2D eigenvalue weighted by atomic mass is 16.5. The van der Waals surface area contributed by atoms with Gasteiger partial charge in [-0.05, 0) is 74.6 Å². The molecule has 1 amide bonds. The van der Waals surface area contributed by atoms with Gasteiger partial charge in [0.05, 0.1) is 16.8 Å². The Kier molecular flexibility index (Phi) is 6.02. The second-order valence-electron chi connectivity index (χ2n) is 7.58. The summed E-state index contributed by atoms with van der Waals surface area (Å²) in [7, 11) is 0. The Morgan fingerprint density at radius 2 is 1.94 bits per heavy atom. The van der Waals surface area contributed by atoms with Crippen LogP contribution < -0.4 is 10.1 Å². The molecule has 0 saturated heterocycles. The molecule has 0 atom stereocenters. The van der Waals surface area contributed by atoms with Crippen LogP contribution in [0.15, 0.2) is 47.0 Å². The highest BCUT2D eigenvalue weighted by Gasteiger charge is 2.15. The van der Waals surface area contributed by atoms with Crippen molar-refractivity contribution in [2.45, 2.75) is 39.7 Å². The maximum absolute atomic E-state index is 12.4. The summed E-state index contributed by atoms with van der Waals surface area (Å²) in [5.41, 5.74) is 5.26. The van der Waals surface area contributed by atoms with Gasteiger partial charge in [-0.3, -0.25) is 4.79 Å². The molecule has 0 spiro atoms. The molecule has 0 aliphatic heterocycles. The van der Waals surface area contributed by atoms with Crippen molar-refractivity contribution >= 4 is 17.6 Å². The summed E-state index contributed by atoms with van der Waals surface area (Å²) in [6, 6.07) is 12.5. The highest BCUT2D eigenvalue weighted by molar-refractivity contribution is 5.95. The molecule has 4 rings (SSSR count). The first-order valence-electron chi connectivity index (χ1n) is 10.2. The third kappa shape index (κ3) is 4.94. The van der Waals surface area contributed by atoms with Crippen molar-refractivity contribution in [2.75, 3.05) is 11.9 Å². The van der Waals surface area contributed by atoms with Crippen molar-refractivity contribution in [1.29, 1.82) is 0 Å². The zero-order chi connectivity index (χ0) is 21.8. The molecular weight excluding hydrogens is 396 g/mol. The topological polar surface area (TPSA) is 90.7 Å². The van der Waals surface area contributed by atoms with Crippen LogP contribution in [0.1, 0.15) is 44.9 Å². The number of fused-ring (bicyclic) bond motifs is 1. The van der Waals surface area contributed by atoms with Crippen LogP contribution in [-0.2, 0) is 29.0 Å². The number of carbonyl (C=O) groups excluding carboxylic acids is 2. The molecule has 0 fully saturated rings. The Labute approximate surface area is 180 Å². The maximum atomic E-state index is 12.4. The molecule has 3 aromatic rings. The molecule has 0 bridgehead atoms. The Morgan fingerprint density at radius 3 is 2.74 bits per heavy atom. The van der Waals surface area contributed by atoms with E-state index in [1.54, 1.807) is 24.3 Å². The first-order chi connectivity index (χ1) is 15.0. The molecule has 1 aliphatic carbocycles. The number of rotatable bonds is 7. The lowest BCUT2D eigenvalue weighted by atomic mass is 10.1. The number of esters is 1. The van der Waals surface area contributed by atoms with Crippen LogP contribution in [-0.4, -0.2) is 23.6 Å². The molecule has 0 unspecified atom stereocenters. The summed E-state index contributed by atoms with van der Waals surface area (Å²) in [5.74, 6) is 0.239. The number of aromatic nitrogens is 1. The lowest BCUT2D eigenvalue weighted by Crippen LogP contribution is -2.21. The summed E-state index contributed by atoms with van der Waals surface area (Å²) in [4.78, 5) is 24.6. The molecule has 7 nitrogen and oxygen atoms in total. The first-order valence-corrected chi connectivity index (χ1v) is 10.2. The molecule has 0 saturated carbocycles. The van der Waals surface area contributed by atoms with E-state index in [0.717, 1.165) is 36.2 Å². The lowest BCUT2D eigenvalue weighted by Gasteiger charge is -2.09. The van der Waals surface area contributed by atoms with E-state index < -0.39 is 5.97 Å². The quantitative estimate of drug-likeness (QED) is 0.578. The van der Waals surface area contributed by atoms with Gasteiger partial charge in [0.25, 0.3) is 5.91 Å². The minimum absolute atomic E-state index is 0.281. The second-order valence-corrected chi connectivity index (χ2v) is 7.58. The number of hydrogen-bond acceptors (Lipinski definition) is 6. The highest BCUT2D eigenvalue weighted by Crippen LogP contribution is 2.25.